The Labute approximate surface area is 134 Å². The molecule has 2 aliphatic carbocycles. The summed E-state index contributed by atoms with van der Waals surface area (Å²) < 4.78 is 0. The molecule has 2 nitrogen and oxygen atoms in total. The number of aliphatic hydroxyl groups is 1. The van der Waals surface area contributed by atoms with Crippen LogP contribution in [0.3, 0.4) is 0 Å². The quantitative estimate of drug-likeness (QED) is 0.762. The van der Waals surface area contributed by atoms with Crippen molar-refractivity contribution >= 4 is 11.8 Å². The molecule has 0 aromatic rings. The molecule has 0 aromatic heterocycles. The van der Waals surface area contributed by atoms with Gasteiger partial charge in [-0.1, -0.05) is 44.4 Å². The standard InChI is InChI=1S/C18H31NOS/c1-4-19-18(14-17(2,3)20)12-8-11-16(13-18)21-15-9-6-5-7-10-15/h8,11-12,15,19-20H,4-7,9-10,13-14H2,1-3H3. The molecule has 120 valence electrons. The second-order valence-corrected chi connectivity index (χ2v) is 8.65. The van der Waals surface area contributed by atoms with E-state index >= 15 is 0 Å². The van der Waals surface area contributed by atoms with Crippen LogP contribution in [0.2, 0.25) is 0 Å². The number of hydrogen-bond donors (Lipinski definition) is 2. The Balaban J connectivity index is 2.01. The number of hydrogen-bond acceptors (Lipinski definition) is 3. The third-order valence-corrected chi connectivity index (χ3v) is 5.72. The summed E-state index contributed by atoms with van der Waals surface area (Å²) in [4.78, 5) is 1.48. The molecule has 1 fully saturated rings. The highest BCUT2D eigenvalue weighted by molar-refractivity contribution is 8.03. The minimum Gasteiger partial charge on any atom is -0.390 e. The van der Waals surface area contributed by atoms with E-state index in [1.165, 1.54) is 37.0 Å². The van der Waals surface area contributed by atoms with Gasteiger partial charge < -0.3 is 10.4 Å². The minimum atomic E-state index is -0.648. The Morgan fingerprint density at radius 2 is 2.05 bits per heavy atom. The van der Waals surface area contributed by atoms with Crippen molar-refractivity contribution in [3.05, 3.63) is 23.1 Å². The molecular formula is C18H31NOS. The molecule has 1 atom stereocenters. The number of thioether (sulfide) groups is 1. The van der Waals surface area contributed by atoms with Gasteiger partial charge in [0.25, 0.3) is 0 Å². The first kappa shape index (κ1) is 17.1. The van der Waals surface area contributed by atoms with Gasteiger partial charge in [0.2, 0.25) is 0 Å². The summed E-state index contributed by atoms with van der Waals surface area (Å²) in [6.07, 6.45) is 15.4. The van der Waals surface area contributed by atoms with Gasteiger partial charge in [-0.25, -0.2) is 0 Å². The van der Waals surface area contributed by atoms with Gasteiger partial charge in [0.1, 0.15) is 0 Å². The summed E-state index contributed by atoms with van der Waals surface area (Å²) in [5.41, 5.74) is -0.733. The van der Waals surface area contributed by atoms with Crippen molar-refractivity contribution < 1.29 is 5.11 Å². The van der Waals surface area contributed by atoms with E-state index in [1.807, 2.05) is 13.8 Å². The highest BCUT2D eigenvalue weighted by atomic mass is 32.2. The Morgan fingerprint density at radius 1 is 1.33 bits per heavy atom. The second-order valence-electron chi connectivity index (χ2n) is 7.22. The van der Waals surface area contributed by atoms with E-state index < -0.39 is 5.60 Å². The smallest absolute Gasteiger partial charge is 0.0612 e. The molecule has 2 aliphatic rings. The van der Waals surface area contributed by atoms with Crippen molar-refractivity contribution in [2.45, 2.75) is 82.1 Å². The lowest BCUT2D eigenvalue weighted by Gasteiger charge is -2.39. The van der Waals surface area contributed by atoms with Crippen LogP contribution in [-0.4, -0.2) is 28.0 Å². The van der Waals surface area contributed by atoms with E-state index in [0.717, 1.165) is 24.6 Å². The molecule has 0 heterocycles. The highest BCUT2D eigenvalue weighted by Crippen LogP contribution is 2.40. The average Bonchev–Trinajstić information content (AvgIpc) is 2.38. The third-order valence-electron chi connectivity index (χ3n) is 4.33. The van der Waals surface area contributed by atoms with Gasteiger partial charge in [0, 0.05) is 17.2 Å². The first-order chi connectivity index (χ1) is 9.92. The molecule has 0 aromatic carbocycles. The average molecular weight is 310 g/mol. The Bertz CT molecular complexity index is 391. The SMILES string of the molecule is CCNC1(CC(C)(C)O)C=CC=C(SC2CCCCC2)C1. The number of rotatable bonds is 6. The fourth-order valence-electron chi connectivity index (χ4n) is 3.68. The van der Waals surface area contributed by atoms with E-state index in [1.54, 1.807) is 0 Å². The predicted molar refractivity (Wildman–Crippen MR) is 93.6 cm³/mol. The molecular weight excluding hydrogens is 278 g/mol. The Kier molecular flexibility index (Phi) is 5.98. The summed E-state index contributed by atoms with van der Waals surface area (Å²) in [7, 11) is 0. The first-order valence-electron chi connectivity index (χ1n) is 8.45. The largest absolute Gasteiger partial charge is 0.390 e. The zero-order valence-corrected chi connectivity index (χ0v) is 14.6. The summed E-state index contributed by atoms with van der Waals surface area (Å²) in [5, 5.41) is 14.7. The van der Waals surface area contributed by atoms with Crippen LogP contribution in [0.5, 0.6) is 0 Å². The van der Waals surface area contributed by atoms with Crippen LogP contribution in [0.15, 0.2) is 23.1 Å². The zero-order valence-electron chi connectivity index (χ0n) is 13.8. The van der Waals surface area contributed by atoms with E-state index in [4.69, 9.17) is 0 Å². The summed E-state index contributed by atoms with van der Waals surface area (Å²) >= 11 is 2.08. The van der Waals surface area contributed by atoms with Gasteiger partial charge in [-0.3, -0.25) is 0 Å². The maximum atomic E-state index is 10.3. The summed E-state index contributed by atoms with van der Waals surface area (Å²) in [6.45, 7) is 6.90. The maximum absolute atomic E-state index is 10.3. The molecule has 0 amide bonds. The van der Waals surface area contributed by atoms with Crippen LogP contribution in [0.1, 0.15) is 65.7 Å². The molecule has 0 bridgehead atoms. The summed E-state index contributed by atoms with van der Waals surface area (Å²) in [5.74, 6) is 0. The lowest BCUT2D eigenvalue weighted by molar-refractivity contribution is 0.0468. The zero-order chi connectivity index (χ0) is 15.3. The molecule has 1 unspecified atom stereocenters. The first-order valence-corrected chi connectivity index (χ1v) is 9.33. The van der Waals surface area contributed by atoms with Crippen LogP contribution in [0, 0.1) is 0 Å². The Hall–Kier alpha value is -0.250. The lowest BCUT2D eigenvalue weighted by atomic mass is 9.81. The van der Waals surface area contributed by atoms with E-state index in [9.17, 15) is 5.11 Å². The molecule has 1 saturated carbocycles. The van der Waals surface area contributed by atoms with Crippen molar-refractivity contribution in [2.24, 2.45) is 0 Å². The maximum Gasteiger partial charge on any atom is 0.0612 e. The molecule has 2 N–H and O–H groups in total. The van der Waals surface area contributed by atoms with Crippen LogP contribution in [-0.2, 0) is 0 Å². The summed E-state index contributed by atoms with van der Waals surface area (Å²) in [6, 6.07) is 0. The molecule has 0 radical (unpaired) electrons. The van der Waals surface area contributed by atoms with Crippen molar-refractivity contribution in [3.8, 4) is 0 Å². The van der Waals surface area contributed by atoms with Gasteiger partial charge in [-0.05, 0) is 44.6 Å². The van der Waals surface area contributed by atoms with E-state index in [0.29, 0.717) is 0 Å². The highest BCUT2D eigenvalue weighted by Gasteiger charge is 2.35. The van der Waals surface area contributed by atoms with Crippen LogP contribution in [0.25, 0.3) is 0 Å². The molecule has 2 rings (SSSR count). The van der Waals surface area contributed by atoms with Crippen molar-refractivity contribution in [1.82, 2.24) is 5.32 Å². The van der Waals surface area contributed by atoms with Crippen molar-refractivity contribution in [2.75, 3.05) is 6.54 Å². The number of allylic oxidation sites excluding steroid dienone is 2. The fraction of sp³-hybridized carbons (Fsp3) is 0.778. The van der Waals surface area contributed by atoms with Gasteiger partial charge >= 0.3 is 0 Å². The van der Waals surface area contributed by atoms with Crippen LogP contribution >= 0.6 is 11.8 Å². The number of likely N-dealkylation sites (N-methyl/N-ethyl adjacent to an activating group) is 1. The van der Waals surface area contributed by atoms with Gasteiger partial charge in [0.05, 0.1) is 5.60 Å². The monoisotopic (exact) mass is 309 g/mol. The minimum absolute atomic E-state index is 0.0846. The van der Waals surface area contributed by atoms with Crippen molar-refractivity contribution in [1.29, 1.82) is 0 Å². The van der Waals surface area contributed by atoms with Crippen LogP contribution in [0.4, 0.5) is 0 Å². The number of nitrogens with one attached hydrogen (secondary N) is 1. The molecule has 3 heteroatoms. The van der Waals surface area contributed by atoms with E-state index in [2.05, 4.69) is 42.2 Å². The predicted octanol–water partition coefficient (Wildman–Crippen LogP) is 4.41. The van der Waals surface area contributed by atoms with E-state index in [-0.39, 0.29) is 5.54 Å². The van der Waals surface area contributed by atoms with Crippen LogP contribution < -0.4 is 5.32 Å². The topological polar surface area (TPSA) is 32.3 Å². The molecule has 21 heavy (non-hydrogen) atoms. The van der Waals surface area contributed by atoms with Gasteiger partial charge in [-0.15, -0.1) is 11.8 Å². The normalized spacial score (nSPS) is 27.7. The molecule has 0 saturated heterocycles. The third kappa shape index (κ3) is 5.46. The van der Waals surface area contributed by atoms with Crippen molar-refractivity contribution in [3.63, 3.8) is 0 Å². The molecule has 0 aliphatic heterocycles. The Morgan fingerprint density at radius 3 is 2.67 bits per heavy atom. The molecule has 0 spiro atoms. The van der Waals surface area contributed by atoms with Gasteiger partial charge in [-0.2, -0.15) is 0 Å². The second kappa shape index (κ2) is 7.34. The fourth-order valence-corrected chi connectivity index (χ4v) is 5.17. The lowest BCUT2D eigenvalue weighted by Crippen LogP contribution is -2.49. The van der Waals surface area contributed by atoms with Gasteiger partial charge in [0.15, 0.2) is 0 Å².